The van der Waals surface area contributed by atoms with Gasteiger partial charge in [0.15, 0.2) is 0 Å². The summed E-state index contributed by atoms with van der Waals surface area (Å²) >= 11 is 0. The molecule has 10 heteroatoms. The molecular formula is C24H29F2N3O4S. The fourth-order valence-electron chi connectivity index (χ4n) is 3.74. The van der Waals surface area contributed by atoms with Gasteiger partial charge in [-0.25, -0.2) is 17.2 Å². The minimum absolute atomic E-state index is 0.0155. The minimum Gasteiger partial charge on any atom is -0.351 e. The monoisotopic (exact) mass is 493 g/mol. The van der Waals surface area contributed by atoms with Crippen LogP contribution in [0.25, 0.3) is 0 Å². The van der Waals surface area contributed by atoms with Gasteiger partial charge in [-0.1, -0.05) is 26.0 Å². The molecule has 7 nitrogen and oxygen atoms in total. The summed E-state index contributed by atoms with van der Waals surface area (Å²) in [5.41, 5.74) is 0.788. The first kappa shape index (κ1) is 25.8. The molecule has 3 rings (SSSR count). The highest BCUT2D eigenvalue weighted by Gasteiger charge is 2.30. The van der Waals surface area contributed by atoms with Crippen molar-refractivity contribution in [2.75, 3.05) is 32.7 Å². The number of benzene rings is 2. The molecule has 1 aliphatic rings. The number of nitrogens with one attached hydrogen (secondary N) is 1. The van der Waals surface area contributed by atoms with Crippen LogP contribution in [0.4, 0.5) is 8.78 Å². The summed E-state index contributed by atoms with van der Waals surface area (Å²) in [6.45, 7) is 4.98. The van der Waals surface area contributed by atoms with E-state index in [0.29, 0.717) is 12.0 Å². The summed E-state index contributed by atoms with van der Waals surface area (Å²) in [5.74, 6) is -2.38. The number of piperazine rings is 1. The lowest BCUT2D eigenvalue weighted by molar-refractivity contribution is -0.132. The van der Waals surface area contributed by atoms with Crippen LogP contribution in [0.5, 0.6) is 0 Å². The van der Waals surface area contributed by atoms with E-state index in [9.17, 15) is 26.8 Å². The lowest BCUT2D eigenvalue weighted by Crippen LogP contribution is -2.50. The molecule has 184 valence electrons. The molecule has 1 aliphatic heterocycles. The Morgan fingerprint density at radius 2 is 1.68 bits per heavy atom. The lowest BCUT2D eigenvalue weighted by atomic mass is 9.99. The second-order valence-electron chi connectivity index (χ2n) is 8.29. The van der Waals surface area contributed by atoms with Crippen LogP contribution >= 0.6 is 0 Å². The van der Waals surface area contributed by atoms with Crippen LogP contribution in [0, 0.1) is 11.6 Å². The van der Waals surface area contributed by atoms with Crippen molar-refractivity contribution in [2.24, 2.45) is 0 Å². The molecule has 2 aromatic carbocycles. The summed E-state index contributed by atoms with van der Waals surface area (Å²) in [6.07, 6.45) is 0.952. The highest BCUT2D eigenvalue weighted by molar-refractivity contribution is 7.89. The predicted molar refractivity (Wildman–Crippen MR) is 124 cm³/mol. The Balaban J connectivity index is 1.49. The van der Waals surface area contributed by atoms with Crippen molar-refractivity contribution in [1.82, 2.24) is 14.5 Å². The van der Waals surface area contributed by atoms with Gasteiger partial charge in [-0.05, 0) is 42.2 Å². The van der Waals surface area contributed by atoms with Gasteiger partial charge in [0, 0.05) is 45.2 Å². The van der Waals surface area contributed by atoms with Gasteiger partial charge >= 0.3 is 0 Å². The van der Waals surface area contributed by atoms with Gasteiger partial charge in [0.2, 0.25) is 15.9 Å². The maximum absolute atomic E-state index is 13.7. The Morgan fingerprint density at radius 1 is 1.03 bits per heavy atom. The number of hydrogen-bond donors (Lipinski definition) is 1. The van der Waals surface area contributed by atoms with Crippen molar-refractivity contribution in [3.8, 4) is 0 Å². The molecule has 0 aromatic heterocycles. The van der Waals surface area contributed by atoms with Crippen molar-refractivity contribution in [3.05, 3.63) is 65.2 Å². The summed E-state index contributed by atoms with van der Waals surface area (Å²) in [4.78, 5) is 26.3. The van der Waals surface area contributed by atoms with E-state index in [1.54, 1.807) is 17.0 Å². The number of sulfonamides is 1. The van der Waals surface area contributed by atoms with E-state index < -0.39 is 27.6 Å². The van der Waals surface area contributed by atoms with E-state index >= 15 is 0 Å². The second-order valence-corrected chi connectivity index (χ2v) is 10.2. The normalized spacial score (nSPS) is 15.7. The minimum atomic E-state index is -3.65. The van der Waals surface area contributed by atoms with Crippen LogP contribution in [0.2, 0.25) is 0 Å². The average molecular weight is 494 g/mol. The van der Waals surface area contributed by atoms with Gasteiger partial charge in [0.1, 0.15) is 11.6 Å². The summed E-state index contributed by atoms with van der Waals surface area (Å²) in [7, 11) is -3.65. The molecule has 1 fully saturated rings. The molecule has 1 heterocycles. The number of hydrogen-bond acceptors (Lipinski definition) is 4. The number of amides is 2. The summed E-state index contributed by atoms with van der Waals surface area (Å²) in [6, 6.07) is 9.58. The molecule has 2 aromatic rings. The second kappa shape index (κ2) is 11.1. The maximum atomic E-state index is 13.7. The first-order valence-corrected chi connectivity index (χ1v) is 12.7. The molecule has 1 saturated heterocycles. The third-order valence-corrected chi connectivity index (χ3v) is 8.00. The van der Waals surface area contributed by atoms with E-state index in [4.69, 9.17) is 0 Å². The van der Waals surface area contributed by atoms with Gasteiger partial charge in [0.05, 0.1) is 10.5 Å². The summed E-state index contributed by atoms with van der Waals surface area (Å²) in [5, 5.41) is 2.45. The Labute approximate surface area is 198 Å². The van der Waals surface area contributed by atoms with E-state index in [1.807, 2.05) is 12.1 Å². The zero-order valence-corrected chi connectivity index (χ0v) is 20.1. The zero-order valence-electron chi connectivity index (χ0n) is 19.3. The topological polar surface area (TPSA) is 86.8 Å². The third kappa shape index (κ3) is 5.98. The first-order valence-electron chi connectivity index (χ1n) is 11.2. The molecule has 0 aliphatic carbocycles. The molecule has 1 unspecified atom stereocenters. The van der Waals surface area contributed by atoms with Gasteiger partial charge in [-0.3, -0.25) is 9.59 Å². The van der Waals surface area contributed by atoms with Gasteiger partial charge < -0.3 is 10.2 Å². The molecule has 1 N–H and O–H groups in total. The van der Waals surface area contributed by atoms with Crippen molar-refractivity contribution < 1.29 is 26.8 Å². The van der Waals surface area contributed by atoms with Crippen LogP contribution in [0.1, 0.15) is 48.5 Å². The van der Waals surface area contributed by atoms with Crippen LogP contribution in [-0.4, -0.2) is 62.2 Å². The Hall–Kier alpha value is -2.85. The molecule has 0 saturated carbocycles. The Bertz CT molecular complexity index is 1130. The smallest absolute Gasteiger partial charge is 0.254 e. The van der Waals surface area contributed by atoms with Crippen LogP contribution < -0.4 is 5.32 Å². The van der Waals surface area contributed by atoms with Crippen molar-refractivity contribution in [1.29, 1.82) is 0 Å². The molecular weight excluding hydrogens is 464 g/mol. The zero-order chi connectivity index (χ0) is 24.9. The fourth-order valence-corrected chi connectivity index (χ4v) is 5.16. The molecule has 0 radical (unpaired) electrons. The number of carbonyl (C=O) groups is 2. The van der Waals surface area contributed by atoms with E-state index in [-0.39, 0.29) is 55.5 Å². The largest absolute Gasteiger partial charge is 0.351 e. The average Bonchev–Trinajstić information content (AvgIpc) is 2.83. The SMILES string of the molecule is CCC(C)c1ccc(S(=O)(=O)N2CCN(C(=O)CCNC(=O)c3ccc(F)cc3F)CC2)cc1. The van der Waals surface area contributed by atoms with Gasteiger partial charge in [-0.15, -0.1) is 0 Å². The highest BCUT2D eigenvalue weighted by atomic mass is 32.2. The number of halogens is 2. The third-order valence-electron chi connectivity index (χ3n) is 6.09. The maximum Gasteiger partial charge on any atom is 0.254 e. The Morgan fingerprint density at radius 3 is 2.26 bits per heavy atom. The Kier molecular flexibility index (Phi) is 8.37. The van der Waals surface area contributed by atoms with Crippen LogP contribution in [0.3, 0.4) is 0 Å². The van der Waals surface area contributed by atoms with Crippen LogP contribution in [-0.2, 0) is 14.8 Å². The van der Waals surface area contributed by atoms with Gasteiger partial charge in [0.25, 0.3) is 5.91 Å². The molecule has 34 heavy (non-hydrogen) atoms. The quantitative estimate of drug-likeness (QED) is 0.612. The fraction of sp³-hybridized carbons (Fsp3) is 0.417. The summed E-state index contributed by atoms with van der Waals surface area (Å²) < 4.78 is 53.9. The van der Waals surface area contributed by atoms with Crippen molar-refractivity contribution in [3.63, 3.8) is 0 Å². The van der Waals surface area contributed by atoms with E-state index in [1.165, 1.54) is 4.31 Å². The van der Waals surface area contributed by atoms with Crippen molar-refractivity contribution >= 4 is 21.8 Å². The first-order chi connectivity index (χ1) is 16.1. The standard InChI is InChI=1S/C24H29F2N3O4S/c1-3-17(2)18-4-7-20(8-5-18)34(32,33)29-14-12-28(13-15-29)23(30)10-11-27-24(31)21-9-6-19(25)16-22(21)26/h4-9,16-17H,3,10-15H2,1-2H3,(H,27,31). The number of carbonyl (C=O) groups excluding carboxylic acids is 2. The van der Waals surface area contributed by atoms with Crippen molar-refractivity contribution in [2.45, 2.75) is 37.5 Å². The van der Waals surface area contributed by atoms with Crippen LogP contribution in [0.15, 0.2) is 47.4 Å². The number of nitrogens with zero attached hydrogens (tertiary/aromatic N) is 2. The molecule has 0 spiro atoms. The van der Waals surface area contributed by atoms with E-state index in [0.717, 1.165) is 24.1 Å². The lowest BCUT2D eigenvalue weighted by Gasteiger charge is -2.34. The predicted octanol–water partition coefficient (Wildman–Crippen LogP) is 3.13. The molecule has 0 bridgehead atoms. The van der Waals surface area contributed by atoms with Gasteiger partial charge in [-0.2, -0.15) is 4.31 Å². The molecule has 1 atom stereocenters. The number of rotatable bonds is 8. The van der Waals surface area contributed by atoms with E-state index in [2.05, 4.69) is 19.2 Å². The highest BCUT2D eigenvalue weighted by Crippen LogP contribution is 2.23. The molecule has 2 amide bonds.